The normalized spacial score (nSPS) is 17.2. The minimum absolute atomic E-state index is 0.00472. The number of piperidine rings is 1. The van der Waals surface area contributed by atoms with Crippen molar-refractivity contribution in [2.75, 3.05) is 19.7 Å². The van der Waals surface area contributed by atoms with Gasteiger partial charge in [0.15, 0.2) is 12.4 Å². The van der Waals surface area contributed by atoms with E-state index in [0.717, 1.165) is 25.2 Å². The summed E-state index contributed by atoms with van der Waals surface area (Å²) in [6.45, 7) is 7.24. The molecule has 1 fully saturated rings. The van der Waals surface area contributed by atoms with Crippen molar-refractivity contribution in [3.8, 4) is 5.75 Å². The lowest BCUT2D eigenvalue weighted by atomic mass is 9.97. The second-order valence-electron chi connectivity index (χ2n) is 7.33. The van der Waals surface area contributed by atoms with Crippen LogP contribution in [0.25, 0.3) is 0 Å². The van der Waals surface area contributed by atoms with E-state index in [2.05, 4.69) is 23.4 Å². The average molecular weight is 369 g/mol. The summed E-state index contributed by atoms with van der Waals surface area (Å²) in [5.41, 5.74) is 0.633. The Morgan fingerprint density at radius 1 is 1.26 bits per heavy atom. The fraction of sp³-hybridized carbons (Fsp3) is 0.476. The van der Waals surface area contributed by atoms with Crippen molar-refractivity contribution < 1.29 is 14.3 Å². The second-order valence-corrected chi connectivity index (χ2v) is 7.33. The Balaban J connectivity index is 1.58. The molecule has 1 aliphatic rings. The molecule has 0 N–H and O–H groups in total. The first kappa shape index (κ1) is 19.1. The van der Waals surface area contributed by atoms with E-state index in [9.17, 15) is 9.59 Å². The van der Waals surface area contributed by atoms with Crippen LogP contribution in [0.1, 0.15) is 61.8 Å². The Morgan fingerprint density at radius 3 is 2.67 bits per heavy atom. The van der Waals surface area contributed by atoms with Crippen LogP contribution >= 0.6 is 0 Å². The highest BCUT2D eigenvalue weighted by atomic mass is 16.5. The topological polar surface area (TPSA) is 64.4 Å². The van der Waals surface area contributed by atoms with Crippen molar-refractivity contribution >= 4 is 11.7 Å². The van der Waals surface area contributed by atoms with Gasteiger partial charge in [-0.2, -0.15) is 0 Å². The zero-order valence-electron chi connectivity index (χ0n) is 16.2. The summed E-state index contributed by atoms with van der Waals surface area (Å²) in [5, 5.41) is 0. The van der Waals surface area contributed by atoms with Crippen LogP contribution in [0.4, 0.5) is 0 Å². The molecule has 0 bridgehead atoms. The van der Waals surface area contributed by atoms with E-state index in [0.29, 0.717) is 23.9 Å². The molecule has 144 valence electrons. The first-order valence-corrected chi connectivity index (χ1v) is 9.50. The van der Waals surface area contributed by atoms with Gasteiger partial charge in [0.25, 0.3) is 5.91 Å². The highest BCUT2D eigenvalue weighted by Crippen LogP contribution is 2.27. The molecule has 1 atom stereocenters. The van der Waals surface area contributed by atoms with Crippen LogP contribution in [0.3, 0.4) is 0 Å². The lowest BCUT2D eigenvalue weighted by molar-refractivity contribution is -0.134. The van der Waals surface area contributed by atoms with Crippen LogP contribution in [0, 0.1) is 0 Å². The van der Waals surface area contributed by atoms with E-state index >= 15 is 0 Å². The average Bonchev–Trinajstić information content (AvgIpc) is 3.17. The minimum atomic E-state index is -0.0157. The Kier molecular flexibility index (Phi) is 5.94. The molecule has 27 heavy (non-hydrogen) atoms. The number of ketones is 1. The molecule has 2 heterocycles. The van der Waals surface area contributed by atoms with E-state index < -0.39 is 0 Å². The van der Waals surface area contributed by atoms with Gasteiger partial charge in [-0.05, 0) is 57.9 Å². The van der Waals surface area contributed by atoms with Crippen molar-refractivity contribution in [3.05, 3.63) is 48.0 Å². The van der Waals surface area contributed by atoms with Crippen molar-refractivity contribution in [1.82, 2.24) is 14.5 Å². The third-order valence-corrected chi connectivity index (χ3v) is 5.02. The maximum absolute atomic E-state index is 12.6. The van der Waals surface area contributed by atoms with E-state index in [4.69, 9.17) is 4.74 Å². The molecule has 1 aliphatic heterocycles. The van der Waals surface area contributed by atoms with Crippen LogP contribution < -0.4 is 4.74 Å². The number of benzene rings is 1. The van der Waals surface area contributed by atoms with Crippen LogP contribution in [0.2, 0.25) is 0 Å². The van der Waals surface area contributed by atoms with Gasteiger partial charge in [0.2, 0.25) is 0 Å². The lowest BCUT2D eigenvalue weighted by Crippen LogP contribution is -2.42. The number of amides is 1. The van der Waals surface area contributed by atoms with Gasteiger partial charge in [-0.3, -0.25) is 9.59 Å². The number of imidazole rings is 1. The molecular formula is C21H27N3O3. The molecule has 6 heteroatoms. The van der Waals surface area contributed by atoms with E-state index in [1.54, 1.807) is 24.3 Å². The van der Waals surface area contributed by atoms with Crippen molar-refractivity contribution in [2.24, 2.45) is 0 Å². The summed E-state index contributed by atoms with van der Waals surface area (Å²) in [4.78, 5) is 30.3. The molecule has 0 spiro atoms. The maximum atomic E-state index is 12.6. The van der Waals surface area contributed by atoms with Crippen LogP contribution in [-0.4, -0.2) is 45.8 Å². The molecule has 0 radical (unpaired) electrons. The Hall–Kier alpha value is -2.63. The van der Waals surface area contributed by atoms with Crippen molar-refractivity contribution in [1.29, 1.82) is 0 Å². The highest BCUT2D eigenvalue weighted by molar-refractivity contribution is 5.94. The SMILES string of the molecule is CC(=O)c1ccc(OCC(=O)N2CCC[C@H](c3nccn3C(C)C)C2)cc1. The Bertz CT molecular complexity index is 795. The number of rotatable bonds is 6. The Morgan fingerprint density at radius 2 is 2.00 bits per heavy atom. The van der Waals surface area contributed by atoms with Gasteiger partial charge in [0, 0.05) is 43.0 Å². The van der Waals surface area contributed by atoms with Gasteiger partial charge in [-0.1, -0.05) is 0 Å². The number of ether oxygens (including phenoxy) is 1. The fourth-order valence-electron chi connectivity index (χ4n) is 3.51. The molecule has 6 nitrogen and oxygen atoms in total. The number of carbonyl (C=O) groups excluding carboxylic acids is 2. The lowest BCUT2D eigenvalue weighted by Gasteiger charge is -2.33. The standard InChI is InChI=1S/C21H27N3O3/c1-15(2)24-12-10-22-21(24)18-5-4-11-23(13-18)20(26)14-27-19-8-6-17(7-9-19)16(3)25/h6-10,12,15,18H,4-5,11,13-14H2,1-3H3/t18-/m0/s1. The molecule has 1 aromatic carbocycles. The van der Waals surface area contributed by atoms with E-state index in [1.807, 2.05) is 17.3 Å². The van der Waals surface area contributed by atoms with Gasteiger partial charge < -0.3 is 14.2 Å². The second kappa shape index (κ2) is 8.37. The van der Waals surface area contributed by atoms with Gasteiger partial charge >= 0.3 is 0 Å². The predicted molar refractivity (Wildman–Crippen MR) is 103 cm³/mol. The van der Waals surface area contributed by atoms with Gasteiger partial charge in [-0.15, -0.1) is 0 Å². The number of hydrogen-bond acceptors (Lipinski definition) is 4. The summed E-state index contributed by atoms with van der Waals surface area (Å²) in [5.74, 6) is 1.91. The fourth-order valence-corrected chi connectivity index (χ4v) is 3.51. The van der Waals surface area contributed by atoms with Gasteiger partial charge in [-0.25, -0.2) is 4.98 Å². The molecule has 0 unspecified atom stereocenters. The van der Waals surface area contributed by atoms with Crippen molar-refractivity contribution in [2.45, 2.75) is 45.6 Å². The van der Waals surface area contributed by atoms with Crippen LogP contribution in [0.5, 0.6) is 5.75 Å². The van der Waals surface area contributed by atoms with Crippen LogP contribution in [0.15, 0.2) is 36.7 Å². The first-order chi connectivity index (χ1) is 13.0. The summed E-state index contributed by atoms with van der Waals surface area (Å²) < 4.78 is 7.81. The number of Topliss-reactive ketones (excluding diaryl/α,β-unsaturated/α-hetero) is 1. The van der Waals surface area contributed by atoms with Crippen LogP contribution in [-0.2, 0) is 4.79 Å². The largest absolute Gasteiger partial charge is 0.484 e. The number of hydrogen-bond donors (Lipinski definition) is 0. The molecular weight excluding hydrogens is 342 g/mol. The third-order valence-electron chi connectivity index (χ3n) is 5.02. The Labute approximate surface area is 160 Å². The summed E-state index contributed by atoms with van der Waals surface area (Å²) in [7, 11) is 0. The molecule has 0 aliphatic carbocycles. The van der Waals surface area contributed by atoms with E-state index in [1.165, 1.54) is 6.92 Å². The molecule has 0 saturated carbocycles. The number of nitrogens with zero attached hydrogens (tertiary/aromatic N) is 3. The smallest absolute Gasteiger partial charge is 0.260 e. The third kappa shape index (κ3) is 4.56. The molecule has 3 rings (SSSR count). The molecule has 2 aromatic rings. The number of likely N-dealkylation sites (tertiary alicyclic amines) is 1. The zero-order chi connectivity index (χ0) is 19.4. The molecule has 1 saturated heterocycles. The summed E-state index contributed by atoms with van der Waals surface area (Å²) in [6, 6.07) is 7.23. The predicted octanol–water partition coefficient (Wildman–Crippen LogP) is 3.45. The van der Waals surface area contributed by atoms with Crippen molar-refractivity contribution in [3.63, 3.8) is 0 Å². The van der Waals surface area contributed by atoms with Gasteiger partial charge in [0.1, 0.15) is 11.6 Å². The number of aromatic nitrogens is 2. The highest BCUT2D eigenvalue weighted by Gasteiger charge is 2.28. The molecule has 1 amide bonds. The molecule has 1 aromatic heterocycles. The van der Waals surface area contributed by atoms with Gasteiger partial charge in [0.05, 0.1) is 0 Å². The summed E-state index contributed by atoms with van der Waals surface area (Å²) in [6.07, 6.45) is 5.86. The quantitative estimate of drug-likeness (QED) is 0.732. The maximum Gasteiger partial charge on any atom is 0.260 e. The van der Waals surface area contributed by atoms with E-state index in [-0.39, 0.29) is 24.2 Å². The monoisotopic (exact) mass is 369 g/mol. The number of carbonyl (C=O) groups is 2. The zero-order valence-corrected chi connectivity index (χ0v) is 16.2. The summed E-state index contributed by atoms with van der Waals surface area (Å²) >= 11 is 0. The first-order valence-electron chi connectivity index (χ1n) is 9.50. The minimum Gasteiger partial charge on any atom is -0.484 e.